The summed E-state index contributed by atoms with van der Waals surface area (Å²) in [6.07, 6.45) is 0.282. The van der Waals surface area contributed by atoms with Gasteiger partial charge in [0.25, 0.3) is 5.91 Å². The Morgan fingerprint density at radius 2 is 1.95 bits per heavy atom. The van der Waals surface area contributed by atoms with Crippen LogP contribution in [-0.4, -0.2) is 31.4 Å². The maximum Gasteiger partial charge on any atom is 0.253 e. The first-order valence-corrected chi connectivity index (χ1v) is 6.80. The molecular formula is C15H23N3O2. The lowest BCUT2D eigenvalue weighted by Crippen LogP contribution is -2.34. The van der Waals surface area contributed by atoms with Crippen molar-refractivity contribution >= 4 is 17.5 Å². The summed E-state index contributed by atoms with van der Waals surface area (Å²) in [7, 11) is 1.78. The van der Waals surface area contributed by atoms with Crippen LogP contribution in [0.4, 0.5) is 5.69 Å². The zero-order valence-electron chi connectivity index (χ0n) is 12.5. The molecule has 0 saturated heterocycles. The molecule has 110 valence electrons. The van der Waals surface area contributed by atoms with Crippen LogP contribution in [0, 0.1) is 6.92 Å². The van der Waals surface area contributed by atoms with Gasteiger partial charge in [0.05, 0.1) is 5.56 Å². The van der Waals surface area contributed by atoms with Crippen molar-refractivity contribution in [3.63, 3.8) is 0 Å². The van der Waals surface area contributed by atoms with Crippen molar-refractivity contribution in [3.8, 4) is 0 Å². The molecule has 0 unspecified atom stereocenters. The van der Waals surface area contributed by atoms with Crippen LogP contribution in [0.25, 0.3) is 0 Å². The lowest BCUT2D eigenvalue weighted by Gasteiger charge is -2.11. The third-order valence-corrected chi connectivity index (χ3v) is 2.78. The number of carbonyl (C=O) groups excluding carboxylic acids is 2. The molecule has 0 aromatic heterocycles. The maximum absolute atomic E-state index is 12.1. The van der Waals surface area contributed by atoms with Crippen molar-refractivity contribution in [2.75, 3.05) is 18.9 Å². The van der Waals surface area contributed by atoms with Gasteiger partial charge in [0.2, 0.25) is 5.91 Å². The molecule has 0 spiro atoms. The van der Waals surface area contributed by atoms with E-state index in [0.717, 1.165) is 11.3 Å². The van der Waals surface area contributed by atoms with Gasteiger partial charge >= 0.3 is 0 Å². The molecule has 1 aromatic rings. The van der Waals surface area contributed by atoms with Gasteiger partial charge < -0.3 is 16.0 Å². The maximum atomic E-state index is 12.1. The molecule has 0 saturated carbocycles. The average molecular weight is 277 g/mol. The van der Waals surface area contributed by atoms with Crippen LogP contribution in [0.5, 0.6) is 0 Å². The number of nitrogens with one attached hydrogen (secondary N) is 3. The second-order valence-corrected chi connectivity index (χ2v) is 5.03. The molecule has 0 aliphatic heterocycles. The Kier molecular flexibility index (Phi) is 6.03. The van der Waals surface area contributed by atoms with Gasteiger partial charge in [0, 0.05) is 31.7 Å². The van der Waals surface area contributed by atoms with Gasteiger partial charge in [0.15, 0.2) is 0 Å². The predicted molar refractivity (Wildman–Crippen MR) is 81.0 cm³/mol. The predicted octanol–water partition coefficient (Wildman–Crippen LogP) is 1.68. The summed E-state index contributed by atoms with van der Waals surface area (Å²) >= 11 is 0. The molecule has 5 heteroatoms. The highest BCUT2D eigenvalue weighted by Crippen LogP contribution is 2.16. The van der Waals surface area contributed by atoms with Crippen LogP contribution in [0.15, 0.2) is 18.2 Å². The molecule has 0 heterocycles. The minimum absolute atomic E-state index is 0.0574. The Hall–Kier alpha value is -2.04. The molecule has 2 amide bonds. The number of amides is 2. The number of carbonyl (C=O) groups is 2. The van der Waals surface area contributed by atoms with E-state index in [-0.39, 0.29) is 24.3 Å². The van der Waals surface area contributed by atoms with Crippen molar-refractivity contribution < 1.29 is 9.59 Å². The Labute approximate surface area is 120 Å². The Morgan fingerprint density at radius 3 is 2.55 bits per heavy atom. The summed E-state index contributed by atoms with van der Waals surface area (Å²) in [6, 6.07) is 5.71. The third-order valence-electron chi connectivity index (χ3n) is 2.78. The largest absolute Gasteiger partial charge is 0.387 e. The van der Waals surface area contributed by atoms with E-state index in [1.54, 1.807) is 13.1 Å². The van der Waals surface area contributed by atoms with Crippen molar-refractivity contribution in [2.24, 2.45) is 0 Å². The minimum Gasteiger partial charge on any atom is -0.387 e. The molecule has 3 N–H and O–H groups in total. The highest BCUT2D eigenvalue weighted by molar-refractivity contribution is 5.99. The van der Waals surface area contributed by atoms with E-state index in [1.807, 2.05) is 32.9 Å². The van der Waals surface area contributed by atoms with Crippen LogP contribution in [0.1, 0.15) is 36.2 Å². The summed E-state index contributed by atoms with van der Waals surface area (Å²) in [5.74, 6) is -0.232. The number of hydrogen-bond acceptors (Lipinski definition) is 3. The first kappa shape index (κ1) is 16.0. The smallest absolute Gasteiger partial charge is 0.253 e. The zero-order valence-corrected chi connectivity index (χ0v) is 12.5. The highest BCUT2D eigenvalue weighted by Gasteiger charge is 2.11. The quantitative estimate of drug-likeness (QED) is 0.741. The van der Waals surface area contributed by atoms with Crippen LogP contribution >= 0.6 is 0 Å². The zero-order chi connectivity index (χ0) is 15.1. The third kappa shape index (κ3) is 4.91. The molecular weight excluding hydrogens is 254 g/mol. The first-order chi connectivity index (χ1) is 9.43. The summed E-state index contributed by atoms with van der Waals surface area (Å²) in [5.41, 5.74) is 2.46. The number of rotatable bonds is 6. The molecule has 0 fully saturated rings. The lowest BCUT2D eigenvalue weighted by molar-refractivity contribution is -0.121. The summed E-state index contributed by atoms with van der Waals surface area (Å²) in [5, 5.41) is 8.54. The number of anilines is 1. The molecule has 0 bridgehead atoms. The van der Waals surface area contributed by atoms with Crippen molar-refractivity contribution in [2.45, 2.75) is 33.2 Å². The van der Waals surface area contributed by atoms with Crippen LogP contribution in [0.3, 0.4) is 0 Å². The standard InChI is InChI=1S/C15H23N3O2/c1-10(2)18-14(19)7-8-17-15(20)12-6-5-11(3)9-13(12)16-4/h5-6,9-10,16H,7-8H2,1-4H3,(H,17,20)(H,18,19). The number of benzene rings is 1. The summed E-state index contributed by atoms with van der Waals surface area (Å²) in [4.78, 5) is 23.5. The lowest BCUT2D eigenvalue weighted by atomic mass is 10.1. The highest BCUT2D eigenvalue weighted by atomic mass is 16.2. The van der Waals surface area contributed by atoms with Gasteiger partial charge in [-0.25, -0.2) is 0 Å². The molecule has 0 aliphatic carbocycles. The molecule has 20 heavy (non-hydrogen) atoms. The van der Waals surface area contributed by atoms with Gasteiger partial charge in [-0.1, -0.05) is 6.07 Å². The normalized spacial score (nSPS) is 10.2. The molecule has 0 aliphatic rings. The van der Waals surface area contributed by atoms with Crippen LogP contribution in [0.2, 0.25) is 0 Å². The molecule has 1 aromatic carbocycles. The minimum atomic E-state index is -0.174. The van der Waals surface area contributed by atoms with Crippen LogP contribution in [-0.2, 0) is 4.79 Å². The monoisotopic (exact) mass is 277 g/mol. The molecule has 1 rings (SSSR count). The van der Waals surface area contributed by atoms with E-state index in [1.165, 1.54) is 0 Å². The van der Waals surface area contributed by atoms with Crippen LogP contribution < -0.4 is 16.0 Å². The number of hydrogen-bond donors (Lipinski definition) is 3. The van der Waals surface area contributed by atoms with Gasteiger partial charge in [-0.05, 0) is 38.5 Å². The fraction of sp³-hybridized carbons (Fsp3) is 0.467. The average Bonchev–Trinajstić information content (AvgIpc) is 2.37. The summed E-state index contributed by atoms with van der Waals surface area (Å²) in [6.45, 7) is 6.11. The summed E-state index contributed by atoms with van der Waals surface area (Å²) < 4.78 is 0. The van der Waals surface area contributed by atoms with E-state index in [2.05, 4.69) is 16.0 Å². The van der Waals surface area contributed by atoms with E-state index >= 15 is 0 Å². The molecule has 0 atom stereocenters. The molecule has 5 nitrogen and oxygen atoms in total. The van der Waals surface area contributed by atoms with Gasteiger partial charge in [0.1, 0.15) is 0 Å². The first-order valence-electron chi connectivity index (χ1n) is 6.80. The van der Waals surface area contributed by atoms with Crippen molar-refractivity contribution in [1.29, 1.82) is 0 Å². The van der Waals surface area contributed by atoms with E-state index in [4.69, 9.17) is 0 Å². The Morgan fingerprint density at radius 1 is 1.25 bits per heavy atom. The fourth-order valence-corrected chi connectivity index (χ4v) is 1.84. The molecule has 0 radical (unpaired) electrons. The number of aryl methyl sites for hydroxylation is 1. The Bertz CT molecular complexity index is 484. The van der Waals surface area contributed by atoms with Gasteiger partial charge in [-0.3, -0.25) is 9.59 Å². The van der Waals surface area contributed by atoms with Gasteiger partial charge in [-0.15, -0.1) is 0 Å². The van der Waals surface area contributed by atoms with Gasteiger partial charge in [-0.2, -0.15) is 0 Å². The SMILES string of the molecule is CNc1cc(C)ccc1C(=O)NCCC(=O)NC(C)C. The topological polar surface area (TPSA) is 70.2 Å². The Balaban J connectivity index is 2.53. The fourth-order valence-electron chi connectivity index (χ4n) is 1.84. The second-order valence-electron chi connectivity index (χ2n) is 5.03. The van der Waals surface area contributed by atoms with E-state index in [0.29, 0.717) is 12.1 Å². The van der Waals surface area contributed by atoms with E-state index in [9.17, 15) is 9.59 Å². The van der Waals surface area contributed by atoms with Crippen molar-refractivity contribution in [3.05, 3.63) is 29.3 Å². The van der Waals surface area contributed by atoms with E-state index < -0.39 is 0 Å². The second kappa shape index (κ2) is 7.53. The van der Waals surface area contributed by atoms with Crippen molar-refractivity contribution in [1.82, 2.24) is 10.6 Å².